The number of ether oxygens (including phenoxy) is 1. The Bertz CT molecular complexity index is 482. The van der Waals surface area contributed by atoms with E-state index in [0.717, 1.165) is 0 Å². The van der Waals surface area contributed by atoms with E-state index in [1.54, 1.807) is 6.92 Å². The number of halogens is 5. The van der Waals surface area contributed by atoms with Crippen LogP contribution in [0.3, 0.4) is 0 Å². The van der Waals surface area contributed by atoms with Gasteiger partial charge in [0.25, 0.3) is 0 Å². The van der Waals surface area contributed by atoms with Gasteiger partial charge in [0.1, 0.15) is 12.2 Å². The predicted octanol–water partition coefficient (Wildman–Crippen LogP) is 3.12. The molecule has 0 amide bonds. The lowest BCUT2D eigenvalue weighted by atomic mass is 10.1. The summed E-state index contributed by atoms with van der Waals surface area (Å²) in [6.07, 6.45) is 2.80. The highest BCUT2D eigenvalue weighted by Gasteiger charge is 2.30. The van der Waals surface area contributed by atoms with Crippen LogP contribution >= 0.6 is 0 Å². The Kier molecular flexibility index (Phi) is 4.41. The number of hydrogen-bond donors (Lipinski definition) is 0. The van der Waals surface area contributed by atoms with Crippen LogP contribution < -0.4 is 0 Å². The van der Waals surface area contributed by atoms with E-state index >= 15 is 0 Å². The normalized spacial score (nSPS) is 11.0. The van der Waals surface area contributed by atoms with E-state index in [2.05, 4.69) is 4.74 Å². The Morgan fingerprint density at radius 2 is 1.44 bits per heavy atom. The molecule has 7 heteroatoms. The third-order valence-electron chi connectivity index (χ3n) is 1.96. The Hall–Kier alpha value is -1.92. The molecule has 0 N–H and O–H groups in total. The molecule has 0 atom stereocenters. The van der Waals surface area contributed by atoms with Crippen molar-refractivity contribution >= 4 is 5.97 Å². The van der Waals surface area contributed by atoms with Crippen LogP contribution in [0.5, 0.6) is 0 Å². The highest BCUT2D eigenvalue weighted by molar-refractivity contribution is 5.90. The third-order valence-corrected chi connectivity index (χ3v) is 1.96. The quantitative estimate of drug-likeness (QED) is 0.276. The lowest BCUT2D eigenvalue weighted by molar-refractivity contribution is 0.0534. The van der Waals surface area contributed by atoms with Crippen molar-refractivity contribution in [3.63, 3.8) is 0 Å². The van der Waals surface area contributed by atoms with Gasteiger partial charge in [-0.1, -0.05) is 12.2 Å². The first kappa shape index (κ1) is 14.1. The number of allylic oxidation sites excluding steroid dienone is 1. The topological polar surface area (TPSA) is 26.3 Å². The van der Waals surface area contributed by atoms with Crippen molar-refractivity contribution in [2.45, 2.75) is 6.92 Å². The van der Waals surface area contributed by atoms with Crippen molar-refractivity contribution in [1.82, 2.24) is 0 Å². The molecular formula is C11H7F5O2. The summed E-state index contributed by atoms with van der Waals surface area (Å²) in [4.78, 5) is 11.2. The number of rotatable bonds is 3. The van der Waals surface area contributed by atoms with Crippen LogP contribution in [0.2, 0.25) is 0 Å². The second-order valence-electron chi connectivity index (χ2n) is 3.11. The van der Waals surface area contributed by atoms with Crippen molar-refractivity contribution in [3.8, 4) is 0 Å². The van der Waals surface area contributed by atoms with Gasteiger partial charge in [0.05, 0.1) is 0 Å². The molecule has 0 aromatic heterocycles. The second-order valence-corrected chi connectivity index (χ2v) is 3.11. The largest absolute Gasteiger partial charge is 0.458 e. The van der Waals surface area contributed by atoms with Gasteiger partial charge >= 0.3 is 5.97 Å². The van der Waals surface area contributed by atoms with Crippen LogP contribution in [0.25, 0.3) is 0 Å². The smallest absolute Gasteiger partial charge is 0.344 e. The van der Waals surface area contributed by atoms with Crippen LogP contribution in [0.1, 0.15) is 17.3 Å². The average molecular weight is 266 g/mol. The number of hydrogen-bond acceptors (Lipinski definition) is 2. The molecule has 0 spiro atoms. The highest BCUT2D eigenvalue weighted by Crippen LogP contribution is 2.23. The Labute approximate surface area is 98.7 Å². The second kappa shape index (κ2) is 5.61. The summed E-state index contributed by atoms with van der Waals surface area (Å²) < 4.78 is 68.8. The molecule has 0 saturated heterocycles. The highest BCUT2D eigenvalue weighted by atomic mass is 19.2. The van der Waals surface area contributed by atoms with Gasteiger partial charge in [-0.15, -0.1) is 0 Å². The summed E-state index contributed by atoms with van der Waals surface area (Å²) in [5.74, 6) is -12.7. The van der Waals surface area contributed by atoms with Gasteiger partial charge in [-0.2, -0.15) is 0 Å². The fourth-order valence-electron chi connectivity index (χ4n) is 1.08. The van der Waals surface area contributed by atoms with E-state index in [1.165, 1.54) is 12.2 Å². The van der Waals surface area contributed by atoms with Crippen molar-refractivity contribution in [2.24, 2.45) is 0 Å². The summed E-state index contributed by atoms with van der Waals surface area (Å²) in [5.41, 5.74) is -1.60. The molecule has 0 bridgehead atoms. The fourth-order valence-corrected chi connectivity index (χ4v) is 1.08. The standard InChI is InChI=1S/C11H7F5O2/c1-2-3-4-18-11(17)5-6(12)8(14)10(16)9(15)7(5)13/h2-3H,4H2,1H3. The monoisotopic (exact) mass is 266 g/mol. The summed E-state index contributed by atoms with van der Waals surface area (Å²) >= 11 is 0. The molecule has 0 aliphatic heterocycles. The Balaban J connectivity index is 3.20. The molecule has 0 fully saturated rings. The van der Waals surface area contributed by atoms with Crippen LogP contribution in [0.15, 0.2) is 12.2 Å². The first-order valence-electron chi connectivity index (χ1n) is 4.71. The van der Waals surface area contributed by atoms with Crippen LogP contribution in [0.4, 0.5) is 22.0 Å². The molecule has 0 aliphatic rings. The summed E-state index contributed by atoms with van der Waals surface area (Å²) in [7, 11) is 0. The zero-order valence-corrected chi connectivity index (χ0v) is 9.07. The predicted molar refractivity (Wildman–Crippen MR) is 51.3 cm³/mol. The minimum atomic E-state index is -2.32. The van der Waals surface area contributed by atoms with Crippen molar-refractivity contribution in [2.75, 3.05) is 6.61 Å². The number of carbonyl (C=O) groups excluding carboxylic acids is 1. The first-order valence-corrected chi connectivity index (χ1v) is 4.71. The van der Waals surface area contributed by atoms with Crippen LogP contribution in [0, 0.1) is 29.1 Å². The third kappa shape index (κ3) is 2.49. The van der Waals surface area contributed by atoms with E-state index in [-0.39, 0.29) is 6.61 Å². The van der Waals surface area contributed by atoms with E-state index in [4.69, 9.17) is 0 Å². The SMILES string of the molecule is CC=CCOC(=O)c1c(F)c(F)c(F)c(F)c1F. The molecule has 0 radical (unpaired) electrons. The van der Waals surface area contributed by atoms with Gasteiger partial charge in [0.15, 0.2) is 23.3 Å². The Morgan fingerprint density at radius 1 is 1.00 bits per heavy atom. The molecule has 0 heterocycles. The minimum absolute atomic E-state index is 0.338. The molecule has 98 valence electrons. The van der Waals surface area contributed by atoms with Crippen molar-refractivity contribution in [1.29, 1.82) is 0 Å². The summed E-state index contributed by atoms with van der Waals surface area (Å²) in [5, 5.41) is 0. The van der Waals surface area contributed by atoms with Gasteiger partial charge in [-0.05, 0) is 6.92 Å². The van der Waals surface area contributed by atoms with Gasteiger partial charge in [0, 0.05) is 0 Å². The van der Waals surface area contributed by atoms with Gasteiger partial charge in [-0.3, -0.25) is 0 Å². The van der Waals surface area contributed by atoms with Gasteiger partial charge in [-0.25, -0.2) is 26.7 Å². The van der Waals surface area contributed by atoms with Crippen LogP contribution in [-0.4, -0.2) is 12.6 Å². The van der Waals surface area contributed by atoms with Gasteiger partial charge in [0.2, 0.25) is 5.82 Å². The zero-order valence-electron chi connectivity index (χ0n) is 9.07. The average Bonchev–Trinajstić information content (AvgIpc) is 2.34. The van der Waals surface area contributed by atoms with Crippen molar-refractivity contribution < 1.29 is 31.5 Å². The lowest BCUT2D eigenvalue weighted by Gasteiger charge is -2.07. The zero-order chi connectivity index (χ0) is 13.9. The maximum Gasteiger partial charge on any atom is 0.344 e. The molecular weight excluding hydrogens is 259 g/mol. The summed E-state index contributed by atoms with van der Waals surface area (Å²) in [6, 6.07) is 0. The van der Waals surface area contributed by atoms with E-state index in [1.807, 2.05) is 0 Å². The molecule has 18 heavy (non-hydrogen) atoms. The fraction of sp³-hybridized carbons (Fsp3) is 0.182. The molecule has 1 aromatic rings. The molecule has 0 aliphatic carbocycles. The molecule has 2 nitrogen and oxygen atoms in total. The number of carbonyl (C=O) groups is 1. The molecule has 0 saturated carbocycles. The molecule has 0 unspecified atom stereocenters. The minimum Gasteiger partial charge on any atom is -0.458 e. The molecule has 1 aromatic carbocycles. The number of benzene rings is 1. The maximum absolute atomic E-state index is 13.1. The lowest BCUT2D eigenvalue weighted by Crippen LogP contribution is -2.15. The van der Waals surface area contributed by atoms with Gasteiger partial charge < -0.3 is 4.74 Å². The Morgan fingerprint density at radius 3 is 1.89 bits per heavy atom. The van der Waals surface area contributed by atoms with E-state index < -0.39 is 40.6 Å². The van der Waals surface area contributed by atoms with Crippen LogP contribution in [-0.2, 0) is 4.74 Å². The van der Waals surface area contributed by atoms with Crippen molar-refractivity contribution in [3.05, 3.63) is 46.8 Å². The first-order chi connectivity index (χ1) is 8.41. The molecule has 1 rings (SSSR count). The summed E-state index contributed by atoms with van der Waals surface area (Å²) in [6.45, 7) is 1.25. The maximum atomic E-state index is 13.1. The number of esters is 1. The van der Waals surface area contributed by atoms with E-state index in [9.17, 15) is 26.7 Å². The van der Waals surface area contributed by atoms with E-state index in [0.29, 0.717) is 0 Å².